The number of nitrogens with one attached hydrogen (secondary N) is 1. The number of hydrogen-bond acceptors (Lipinski definition) is 3. The van der Waals surface area contributed by atoms with E-state index < -0.39 is 0 Å². The van der Waals surface area contributed by atoms with Crippen LogP contribution in [0.3, 0.4) is 0 Å². The molecule has 0 spiro atoms. The van der Waals surface area contributed by atoms with Gasteiger partial charge in [-0.3, -0.25) is 4.98 Å². The molecule has 2 nitrogen and oxygen atoms in total. The number of hydrogen-bond donors (Lipinski definition) is 1. The van der Waals surface area contributed by atoms with Gasteiger partial charge in [0.2, 0.25) is 0 Å². The average molecular weight is 196 g/mol. The molecule has 0 aliphatic carbocycles. The lowest BCUT2D eigenvalue weighted by Gasteiger charge is -2.15. The minimum absolute atomic E-state index is 0.510. The minimum atomic E-state index is 0.510. The van der Waals surface area contributed by atoms with Gasteiger partial charge in [-0.2, -0.15) is 11.8 Å². The third-order valence-electron chi connectivity index (χ3n) is 1.84. The smallest absolute Gasteiger partial charge is 0.0403 e. The first-order valence-electron chi connectivity index (χ1n) is 4.40. The summed E-state index contributed by atoms with van der Waals surface area (Å²) < 4.78 is 0. The van der Waals surface area contributed by atoms with Crippen molar-refractivity contribution >= 4 is 17.4 Å². The van der Waals surface area contributed by atoms with Crippen molar-refractivity contribution in [3.8, 4) is 0 Å². The first kappa shape index (κ1) is 10.4. The van der Waals surface area contributed by atoms with Crippen molar-refractivity contribution in [1.82, 2.24) is 4.98 Å². The van der Waals surface area contributed by atoms with E-state index in [0.717, 1.165) is 5.75 Å². The van der Waals surface area contributed by atoms with Crippen LogP contribution in [0.25, 0.3) is 0 Å². The Balaban J connectivity index is 2.58. The molecule has 1 rings (SSSR count). The molecule has 1 heterocycles. The van der Waals surface area contributed by atoms with Gasteiger partial charge in [0.25, 0.3) is 0 Å². The second-order valence-corrected chi connectivity index (χ2v) is 4.10. The number of thioether (sulfide) groups is 1. The molecule has 0 amide bonds. The molecular formula is C10H16N2S. The number of aromatic nitrogens is 1. The van der Waals surface area contributed by atoms with Gasteiger partial charge in [0, 0.05) is 29.9 Å². The normalized spacial score (nSPS) is 12.5. The number of rotatable bonds is 4. The highest BCUT2D eigenvalue weighted by atomic mass is 32.2. The quantitative estimate of drug-likeness (QED) is 0.801. The van der Waals surface area contributed by atoms with E-state index in [4.69, 9.17) is 0 Å². The fourth-order valence-corrected chi connectivity index (χ4v) is 1.78. The summed E-state index contributed by atoms with van der Waals surface area (Å²) in [6, 6.07) is 2.53. The Kier molecular flexibility index (Phi) is 4.09. The summed E-state index contributed by atoms with van der Waals surface area (Å²) in [6.07, 6.45) is 5.83. The van der Waals surface area contributed by atoms with Crippen LogP contribution in [0.15, 0.2) is 18.5 Å². The lowest BCUT2D eigenvalue weighted by atomic mass is 10.2. The molecule has 0 bridgehead atoms. The molecule has 1 aromatic heterocycles. The lowest BCUT2D eigenvalue weighted by molar-refractivity contribution is 0.910. The van der Waals surface area contributed by atoms with Gasteiger partial charge < -0.3 is 5.32 Å². The molecule has 0 aliphatic heterocycles. The van der Waals surface area contributed by atoms with Crippen molar-refractivity contribution in [1.29, 1.82) is 0 Å². The molecular weight excluding hydrogens is 180 g/mol. The second kappa shape index (κ2) is 5.12. The van der Waals surface area contributed by atoms with Crippen LogP contribution in [0, 0.1) is 6.92 Å². The Morgan fingerprint density at radius 2 is 2.38 bits per heavy atom. The molecule has 0 saturated carbocycles. The van der Waals surface area contributed by atoms with E-state index in [2.05, 4.69) is 30.4 Å². The molecule has 0 saturated heterocycles. The van der Waals surface area contributed by atoms with Crippen molar-refractivity contribution in [2.24, 2.45) is 0 Å². The Hall–Kier alpha value is -0.700. The number of aryl methyl sites for hydroxylation is 1. The summed E-state index contributed by atoms with van der Waals surface area (Å²) in [5.74, 6) is 1.13. The zero-order valence-electron chi connectivity index (χ0n) is 8.37. The molecule has 0 radical (unpaired) electrons. The molecule has 1 unspecified atom stereocenters. The molecule has 3 heteroatoms. The summed E-state index contributed by atoms with van der Waals surface area (Å²) in [4.78, 5) is 4.05. The minimum Gasteiger partial charge on any atom is -0.381 e. The lowest BCUT2D eigenvalue weighted by Crippen LogP contribution is -2.18. The van der Waals surface area contributed by atoms with E-state index in [1.165, 1.54) is 11.3 Å². The zero-order chi connectivity index (χ0) is 9.68. The first-order valence-corrected chi connectivity index (χ1v) is 5.79. The summed E-state index contributed by atoms with van der Waals surface area (Å²) in [5.41, 5.74) is 2.40. The van der Waals surface area contributed by atoms with E-state index in [0.29, 0.717) is 6.04 Å². The fourth-order valence-electron chi connectivity index (χ4n) is 1.19. The SMILES string of the molecule is CSCC(C)Nc1ccncc1C. The van der Waals surface area contributed by atoms with E-state index >= 15 is 0 Å². The Labute approximate surface area is 84.1 Å². The standard InChI is InChI=1S/C10H16N2S/c1-8-6-11-5-4-10(8)12-9(2)7-13-3/h4-6,9H,7H2,1-3H3,(H,11,12). The van der Waals surface area contributed by atoms with E-state index in [1.54, 1.807) is 0 Å². The number of pyridine rings is 1. The van der Waals surface area contributed by atoms with Gasteiger partial charge in [0.05, 0.1) is 0 Å². The predicted octanol–water partition coefficient (Wildman–Crippen LogP) is 2.55. The highest BCUT2D eigenvalue weighted by Gasteiger charge is 2.02. The molecule has 1 atom stereocenters. The maximum Gasteiger partial charge on any atom is 0.0403 e. The monoisotopic (exact) mass is 196 g/mol. The maximum atomic E-state index is 4.05. The van der Waals surface area contributed by atoms with E-state index in [9.17, 15) is 0 Å². The van der Waals surface area contributed by atoms with Crippen LogP contribution in [-0.4, -0.2) is 23.0 Å². The summed E-state index contributed by atoms with van der Waals surface area (Å²) in [6.45, 7) is 4.26. The van der Waals surface area contributed by atoms with Crippen LogP contribution >= 0.6 is 11.8 Å². The molecule has 0 fully saturated rings. The average Bonchev–Trinajstić information content (AvgIpc) is 2.09. The van der Waals surface area contributed by atoms with Gasteiger partial charge in [0.15, 0.2) is 0 Å². The van der Waals surface area contributed by atoms with Gasteiger partial charge >= 0.3 is 0 Å². The summed E-state index contributed by atoms with van der Waals surface area (Å²) >= 11 is 1.86. The van der Waals surface area contributed by atoms with Gasteiger partial charge in [-0.05, 0) is 31.7 Å². The van der Waals surface area contributed by atoms with E-state index in [1.807, 2.05) is 30.2 Å². The fraction of sp³-hybridized carbons (Fsp3) is 0.500. The van der Waals surface area contributed by atoms with Gasteiger partial charge in [-0.1, -0.05) is 0 Å². The van der Waals surface area contributed by atoms with Crippen molar-refractivity contribution in [3.05, 3.63) is 24.0 Å². The van der Waals surface area contributed by atoms with Gasteiger partial charge in [-0.25, -0.2) is 0 Å². The molecule has 1 aromatic rings. The highest BCUT2D eigenvalue weighted by molar-refractivity contribution is 7.98. The predicted molar refractivity (Wildman–Crippen MR) is 60.4 cm³/mol. The largest absolute Gasteiger partial charge is 0.381 e. The Morgan fingerprint density at radius 1 is 1.62 bits per heavy atom. The van der Waals surface area contributed by atoms with E-state index in [-0.39, 0.29) is 0 Å². The van der Waals surface area contributed by atoms with Crippen molar-refractivity contribution < 1.29 is 0 Å². The van der Waals surface area contributed by atoms with Crippen LogP contribution in [0.2, 0.25) is 0 Å². The molecule has 13 heavy (non-hydrogen) atoms. The topological polar surface area (TPSA) is 24.9 Å². The number of nitrogens with zero attached hydrogens (tertiary/aromatic N) is 1. The number of anilines is 1. The first-order chi connectivity index (χ1) is 6.24. The van der Waals surface area contributed by atoms with Crippen LogP contribution in [0.1, 0.15) is 12.5 Å². The summed E-state index contributed by atoms with van der Waals surface area (Å²) in [5, 5.41) is 3.45. The third-order valence-corrected chi connectivity index (χ3v) is 2.67. The highest BCUT2D eigenvalue weighted by Crippen LogP contribution is 2.13. The van der Waals surface area contributed by atoms with Gasteiger partial charge in [-0.15, -0.1) is 0 Å². The van der Waals surface area contributed by atoms with Crippen LogP contribution < -0.4 is 5.32 Å². The van der Waals surface area contributed by atoms with Crippen LogP contribution in [0.5, 0.6) is 0 Å². The second-order valence-electron chi connectivity index (χ2n) is 3.19. The maximum absolute atomic E-state index is 4.05. The molecule has 0 aliphatic rings. The third kappa shape index (κ3) is 3.27. The van der Waals surface area contributed by atoms with Crippen molar-refractivity contribution in [2.45, 2.75) is 19.9 Å². The summed E-state index contributed by atoms with van der Waals surface area (Å²) in [7, 11) is 0. The zero-order valence-corrected chi connectivity index (χ0v) is 9.19. The molecule has 0 aromatic carbocycles. The molecule has 72 valence electrons. The van der Waals surface area contributed by atoms with Crippen LogP contribution in [0.4, 0.5) is 5.69 Å². The van der Waals surface area contributed by atoms with Gasteiger partial charge in [0.1, 0.15) is 0 Å². The Morgan fingerprint density at radius 3 is 3.00 bits per heavy atom. The Bertz CT molecular complexity index is 263. The van der Waals surface area contributed by atoms with Crippen molar-refractivity contribution in [2.75, 3.05) is 17.3 Å². The molecule has 1 N–H and O–H groups in total. The van der Waals surface area contributed by atoms with Crippen LogP contribution in [-0.2, 0) is 0 Å². The van der Waals surface area contributed by atoms with Crippen molar-refractivity contribution in [3.63, 3.8) is 0 Å².